The number of methoxy groups -OCH3 is 1. The molecule has 1 aliphatic heterocycles. The lowest BCUT2D eigenvalue weighted by Gasteiger charge is -2.12. The molecular weight excluding hydrogens is 318 g/mol. The highest BCUT2D eigenvalue weighted by molar-refractivity contribution is 8.26. The Kier molecular flexibility index (Phi) is 5.63. The van der Waals surface area contributed by atoms with Crippen molar-refractivity contribution < 1.29 is 14.3 Å². The van der Waals surface area contributed by atoms with Crippen molar-refractivity contribution in [3.63, 3.8) is 0 Å². The van der Waals surface area contributed by atoms with Crippen LogP contribution in [0.15, 0.2) is 35.8 Å². The maximum absolute atomic E-state index is 12.3. The lowest BCUT2D eigenvalue weighted by Crippen LogP contribution is -2.27. The number of hydrogen-bond donors (Lipinski definition) is 0. The molecule has 0 aromatic heterocycles. The largest absolute Gasteiger partial charge is 0.492 e. The highest BCUT2D eigenvalue weighted by Crippen LogP contribution is 2.37. The first-order valence-corrected chi connectivity index (χ1v) is 8.00. The number of carbonyl (C=O) groups excluding carboxylic acids is 1. The maximum Gasteiger partial charge on any atom is 0.266 e. The molecular formula is C16H17NO3S2. The average Bonchev–Trinajstić information content (AvgIpc) is 2.76. The predicted molar refractivity (Wildman–Crippen MR) is 94.2 cm³/mol. The minimum Gasteiger partial charge on any atom is -0.492 e. The second kappa shape index (κ2) is 7.47. The van der Waals surface area contributed by atoms with Crippen molar-refractivity contribution in [2.24, 2.45) is 0 Å². The number of benzene rings is 1. The standard InChI is InChI=1S/C16H17NO3S2/c1-4-9-17-15(18)13(22-16(17)21)10-11-7-6-8-12(20-5-2)14(11)19-3/h4,6-8,10H,1,5,9H2,2-3H3/b13-10-. The van der Waals surface area contributed by atoms with E-state index in [4.69, 9.17) is 21.7 Å². The van der Waals surface area contributed by atoms with Crippen LogP contribution in [0.3, 0.4) is 0 Å². The van der Waals surface area contributed by atoms with E-state index in [1.54, 1.807) is 19.3 Å². The van der Waals surface area contributed by atoms with Crippen LogP contribution in [-0.2, 0) is 4.79 Å². The Morgan fingerprint density at radius 2 is 2.23 bits per heavy atom. The predicted octanol–water partition coefficient (Wildman–Crippen LogP) is 3.48. The second-order valence-electron chi connectivity index (χ2n) is 4.39. The summed E-state index contributed by atoms with van der Waals surface area (Å²) in [6, 6.07) is 5.58. The van der Waals surface area contributed by atoms with Crippen LogP contribution in [0.5, 0.6) is 11.5 Å². The highest BCUT2D eigenvalue weighted by Gasteiger charge is 2.31. The fraction of sp³-hybridized carbons (Fsp3) is 0.250. The van der Waals surface area contributed by atoms with Crippen LogP contribution in [0.1, 0.15) is 12.5 Å². The van der Waals surface area contributed by atoms with Crippen LogP contribution in [0, 0.1) is 0 Å². The second-order valence-corrected chi connectivity index (χ2v) is 6.07. The number of carbonyl (C=O) groups is 1. The molecule has 22 heavy (non-hydrogen) atoms. The first-order chi connectivity index (χ1) is 10.6. The molecule has 0 radical (unpaired) electrons. The number of thioether (sulfide) groups is 1. The number of hydrogen-bond acceptors (Lipinski definition) is 5. The maximum atomic E-state index is 12.3. The summed E-state index contributed by atoms with van der Waals surface area (Å²) in [5.41, 5.74) is 0.785. The first kappa shape index (κ1) is 16.6. The van der Waals surface area contributed by atoms with Crippen LogP contribution in [0.4, 0.5) is 0 Å². The zero-order valence-electron chi connectivity index (χ0n) is 12.5. The molecule has 0 spiro atoms. The molecule has 1 heterocycles. The van der Waals surface area contributed by atoms with Gasteiger partial charge < -0.3 is 9.47 Å². The number of para-hydroxylation sites is 1. The van der Waals surface area contributed by atoms with E-state index in [1.807, 2.05) is 25.1 Å². The molecule has 2 rings (SSSR count). The summed E-state index contributed by atoms with van der Waals surface area (Å²) in [6.45, 7) is 6.51. The molecule has 1 fully saturated rings. The van der Waals surface area contributed by atoms with Gasteiger partial charge in [0.05, 0.1) is 18.6 Å². The van der Waals surface area contributed by atoms with Gasteiger partial charge in [-0.3, -0.25) is 9.69 Å². The van der Waals surface area contributed by atoms with Crippen molar-refractivity contribution in [1.82, 2.24) is 4.90 Å². The molecule has 0 unspecified atom stereocenters. The van der Waals surface area contributed by atoms with Gasteiger partial charge in [0.15, 0.2) is 11.5 Å². The molecule has 4 nitrogen and oxygen atoms in total. The number of rotatable bonds is 6. The number of nitrogens with zero attached hydrogens (tertiary/aromatic N) is 1. The molecule has 1 saturated heterocycles. The van der Waals surface area contributed by atoms with Crippen molar-refractivity contribution in [1.29, 1.82) is 0 Å². The lowest BCUT2D eigenvalue weighted by atomic mass is 10.1. The summed E-state index contributed by atoms with van der Waals surface area (Å²) >= 11 is 6.51. The van der Waals surface area contributed by atoms with Crippen molar-refractivity contribution in [2.75, 3.05) is 20.3 Å². The minimum atomic E-state index is -0.112. The van der Waals surface area contributed by atoms with Gasteiger partial charge in [-0.1, -0.05) is 42.2 Å². The molecule has 0 bridgehead atoms. The average molecular weight is 335 g/mol. The summed E-state index contributed by atoms with van der Waals surface area (Å²) in [6.07, 6.45) is 3.44. The van der Waals surface area contributed by atoms with Crippen LogP contribution in [-0.4, -0.2) is 35.4 Å². The van der Waals surface area contributed by atoms with E-state index in [-0.39, 0.29) is 5.91 Å². The summed E-state index contributed by atoms with van der Waals surface area (Å²) in [7, 11) is 1.58. The molecule has 1 aromatic rings. The third-order valence-corrected chi connectivity index (χ3v) is 4.36. The van der Waals surface area contributed by atoms with Gasteiger partial charge >= 0.3 is 0 Å². The van der Waals surface area contributed by atoms with Gasteiger partial charge in [0.2, 0.25) is 0 Å². The van der Waals surface area contributed by atoms with Gasteiger partial charge in [-0.2, -0.15) is 0 Å². The Balaban J connectivity index is 2.37. The van der Waals surface area contributed by atoms with E-state index in [2.05, 4.69) is 6.58 Å². The number of amides is 1. The Morgan fingerprint density at radius 1 is 1.45 bits per heavy atom. The Morgan fingerprint density at radius 3 is 2.86 bits per heavy atom. The zero-order valence-corrected chi connectivity index (χ0v) is 14.1. The molecule has 0 N–H and O–H groups in total. The molecule has 1 aromatic carbocycles. The van der Waals surface area contributed by atoms with Crippen molar-refractivity contribution in [2.45, 2.75) is 6.92 Å². The quantitative estimate of drug-likeness (QED) is 0.452. The van der Waals surface area contributed by atoms with Gasteiger partial charge in [-0.05, 0) is 19.1 Å². The normalized spacial score (nSPS) is 16.3. The third-order valence-electron chi connectivity index (χ3n) is 2.99. The Hall–Kier alpha value is -1.79. The van der Waals surface area contributed by atoms with Gasteiger partial charge in [0, 0.05) is 12.1 Å². The SMILES string of the molecule is C=CCN1C(=O)/C(=C/c2cccc(OCC)c2OC)SC1=S. The molecule has 116 valence electrons. The van der Waals surface area contributed by atoms with Gasteiger partial charge in [0.25, 0.3) is 5.91 Å². The third kappa shape index (κ3) is 3.34. The van der Waals surface area contributed by atoms with E-state index >= 15 is 0 Å². The smallest absolute Gasteiger partial charge is 0.266 e. The summed E-state index contributed by atoms with van der Waals surface area (Å²) in [5, 5.41) is 0. The Bertz CT molecular complexity index is 640. The van der Waals surface area contributed by atoms with Crippen LogP contribution in [0.25, 0.3) is 6.08 Å². The molecule has 0 atom stereocenters. The summed E-state index contributed by atoms with van der Waals surface area (Å²) < 4.78 is 11.5. The molecule has 1 aliphatic rings. The number of thiocarbonyl (C=S) groups is 1. The van der Waals surface area contributed by atoms with E-state index in [0.717, 1.165) is 5.56 Å². The zero-order chi connectivity index (χ0) is 16.1. The monoisotopic (exact) mass is 335 g/mol. The molecule has 0 saturated carbocycles. The highest BCUT2D eigenvalue weighted by atomic mass is 32.2. The first-order valence-electron chi connectivity index (χ1n) is 6.78. The summed E-state index contributed by atoms with van der Waals surface area (Å²) in [5.74, 6) is 1.15. The number of ether oxygens (including phenoxy) is 2. The fourth-order valence-corrected chi connectivity index (χ4v) is 3.33. The van der Waals surface area contributed by atoms with Crippen LogP contribution in [0.2, 0.25) is 0 Å². The van der Waals surface area contributed by atoms with Crippen molar-refractivity contribution in [3.8, 4) is 11.5 Å². The van der Waals surface area contributed by atoms with Gasteiger partial charge in [0.1, 0.15) is 4.32 Å². The van der Waals surface area contributed by atoms with E-state index in [0.29, 0.717) is 33.9 Å². The lowest BCUT2D eigenvalue weighted by molar-refractivity contribution is -0.121. The molecule has 1 amide bonds. The topological polar surface area (TPSA) is 38.8 Å². The molecule has 0 aliphatic carbocycles. The minimum absolute atomic E-state index is 0.112. The van der Waals surface area contributed by atoms with Gasteiger partial charge in [-0.15, -0.1) is 6.58 Å². The van der Waals surface area contributed by atoms with E-state index in [1.165, 1.54) is 16.7 Å². The summed E-state index contributed by atoms with van der Waals surface area (Å²) in [4.78, 5) is 14.4. The Labute approximate surface area is 139 Å². The van der Waals surface area contributed by atoms with E-state index < -0.39 is 0 Å². The van der Waals surface area contributed by atoms with Crippen molar-refractivity contribution in [3.05, 3.63) is 41.3 Å². The fourth-order valence-electron chi connectivity index (χ4n) is 2.06. The van der Waals surface area contributed by atoms with Crippen LogP contribution < -0.4 is 9.47 Å². The molecule has 6 heteroatoms. The van der Waals surface area contributed by atoms with Gasteiger partial charge in [-0.25, -0.2) is 0 Å². The van der Waals surface area contributed by atoms with Crippen molar-refractivity contribution >= 4 is 40.3 Å². The van der Waals surface area contributed by atoms with Crippen LogP contribution >= 0.6 is 24.0 Å². The van der Waals surface area contributed by atoms with E-state index in [9.17, 15) is 4.79 Å².